The van der Waals surface area contributed by atoms with Crippen molar-refractivity contribution >= 4 is 22.6 Å². The van der Waals surface area contributed by atoms with Gasteiger partial charge in [-0.1, -0.05) is 26.0 Å². The van der Waals surface area contributed by atoms with Crippen molar-refractivity contribution in [2.75, 3.05) is 0 Å². The van der Waals surface area contributed by atoms with E-state index in [1.165, 1.54) is 28.7 Å². The summed E-state index contributed by atoms with van der Waals surface area (Å²) in [7, 11) is 0. The van der Waals surface area contributed by atoms with E-state index in [0.29, 0.717) is 17.8 Å². The monoisotopic (exact) mass is 429 g/mol. The zero-order valence-corrected chi connectivity index (χ0v) is 17.8. The van der Waals surface area contributed by atoms with Crippen LogP contribution in [0.2, 0.25) is 0 Å². The molecule has 3 aromatic heterocycles. The van der Waals surface area contributed by atoms with E-state index < -0.39 is 11.7 Å². The summed E-state index contributed by atoms with van der Waals surface area (Å²) in [5.41, 5.74) is 1.53. The number of carbonyl (C=O) groups is 1. The van der Waals surface area contributed by atoms with Crippen molar-refractivity contribution in [2.24, 2.45) is 10.9 Å². The molecule has 32 heavy (non-hydrogen) atoms. The molecular weight excluding hydrogens is 409 g/mol. The highest BCUT2D eigenvalue weighted by molar-refractivity contribution is 5.95. The van der Waals surface area contributed by atoms with Crippen LogP contribution in [0.4, 0.5) is 4.39 Å². The summed E-state index contributed by atoms with van der Waals surface area (Å²) in [6.45, 7) is 6.16. The molecule has 0 atom stereocenters. The molecule has 7 nitrogen and oxygen atoms in total. The van der Waals surface area contributed by atoms with Crippen molar-refractivity contribution in [3.8, 4) is 6.07 Å². The molecule has 0 radical (unpaired) electrons. The molecule has 0 spiro atoms. The first-order valence-electron chi connectivity index (χ1n) is 10.1. The Morgan fingerprint density at radius 2 is 2.00 bits per heavy atom. The van der Waals surface area contributed by atoms with Crippen LogP contribution in [0, 0.1) is 30.0 Å². The molecule has 4 rings (SSSR count). The van der Waals surface area contributed by atoms with Crippen LogP contribution in [-0.2, 0) is 6.54 Å². The number of benzene rings is 1. The van der Waals surface area contributed by atoms with Crippen LogP contribution in [-0.4, -0.2) is 19.9 Å². The summed E-state index contributed by atoms with van der Waals surface area (Å²) in [5, 5.41) is 10.0. The van der Waals surface area contributed by atoms with Gasteiger partial charge in [-0.15, -0.1) is 0 Å². The minimum Gasteiger partial charge on any atom is -0.309 e. The lowest BCUT2D eigenvalue weighted by atomic mass is 10.1. The van der Waals surface area contributed by atoms with Gasteiger partial charge in [-0.05, 0) is 48.7 Å². The highest BCUT2D eigenvalue weighted by atomic mass is 19.1. The van der Waals surface area contributed by atoms with Crippen LogP contribution in [0.5, 0.6) is 0 Å². The van der Waals surface area contributed by atoms with E-state index in [1.54, 1.807) is 16.8 Å². The molecule has 160 valence electrons. The first kappa shape index (κ1) is 21.1. The van der Waals surface area contributed by atoms with Crippen LogP contribution in [0.15, 0.2) is 58.4 Å². The van der Waals surface area contributed by atoms with Gasteiger partial charge in [0.05, 0.1) is 10.9 Å². The second-order valence-electron chi connectivity index (χ2n) is 7.96. The molecule has 0 aliphatic carbocycles. The standard InChI is InChI=1S/C24H20FN5O2/c1-14(2)13-30-21(28-23(31)16-7-4-8-18(25)10-16)17(12-26)11-19-22(30)27-20-15(3)6-5-9-29(20)24(19)32/h4-11,14H,13H2,1-3H3. The zero-order valence-electron chi connectivity index (χ0n) is 17.8. The van der Waals surface area contributed by atoms with Crippen molar-refractivity contribution in [1.82, 2.24) is 14.0 Å². The number of halogens is 1. The number of fused-ring (bicyclic) bond motifs is 2. The lowest BCUT2D eigenvalue weighted by molar-refractivity contribution is 0.0996. The summed E-state index contributed by atoms with van der Waals surface area (Å²) < 4.78 is 16.7. The quantitative estimate of drug-likeness (QED) is 0.467. The molecule has 0 N–H and O–H groups in total. The third-order valence-electron chi connectivity index (χ3n) is 5.05. The fourth-order valence-corrected chi connectivity index (χ4v) is 3.61. The third-order valence-corrected chi connectivity index (χ3v) is 5.05. The maximum absolute atomic E-state index is 13.6. The normalized spacial score (nSPS) is 11.9. The predicted octanol–water partition coefficient (Wildman–Crippen LogP) is 3.37. The molecule has 1 amide bonds. The average molecular weight is 429 g/mol. The van der Waals surface area contributed by atoms with E-state index in [-0.39, 0.29) is 33.5 Å². The molecule has 0 aliphatic rings. The van der Waals surface area contributed by atoms with Gasteiger partial charge in [0, 0.05) is 18.3 Å². The molecule has 4 aromatic rings. The molecule has 0 bridgehead atoms. The number of aryl methyl sites for hydroxylation is 1. The average Bonchev–Trinajstić information content (AvgIpc) is 2.76. The summed E-state index contributed by atoms with van der Waals surface area (Å²) in [6.07, 6.45) is 1.63. The van der Waals surface area contributed by atoms with Crippen LogP contribution in [0.3, 0.4) is 0 Å². The van der Waals surface area contributed by atoms with E-state index in [2.05, 4.69) is 4.99 Å². The van der Waals surface area contributed by atoms with E-state index >= 15 is 0 Å². The third kappa shape index (κ3) is 3.69. The molecule has 0 unspecified atom stereocenters. The summed E-state index contributed by atoms with van der Waals surface area (Å²) in [5.74, 6) is -1.14. The molecule has 1 aromatic carbocycles. The fraction of sp³-hybridized carbons (Fsp3) is 0.208. The molecule has 8 heteroatoms. The Balaban J connectivity index is 2.13. The van der Waals surface area contributed by atoms with Gasteiger partial charge in [0.25, 0.3) is 11.5 Å². The lowest BCUT2D eigenvalue weighted by Gasteiger charge is -2.15. The van der Waals surface area contributed by atoms with Gasteiger partial charge in [-0.3, -0.25) is 14.0 Å². The molecule has 0 aliphatic heterocycles. The van der Waals surface area contributed by atoms with Crippen molar-refractivity contribution in [3.05, 3.63) is 87.0 Å². The number of pyridine rings is 2. The highest BCUT2D eigenvalue weighted by Gasteiger charge is 2.17. The largest absolute Gasteiger partial charge is 0.309 e. The smallest absolute Gasteiger partial charge is 0.279 e. The van der Waals surface area contributed by atoms with E-state index in [1.807, 2.05) is 32.9 Å². The number of nitrogens with zero attached hydrogens (tertiary/aromatic N) is 5. The Morgan fingerprint density at radius 3 is 2.69 bits per heavy atom. The van der Waals surface area contributed by atoms with E-state index in [9.17, 15) is 19.2 Å². The van der Waals surface area contributed by atoms with E-state index in [4.69, 9.17) is 4.98 Å². The maximum atomic E-state index is 13.6. The van der Waals surface area contributed by atoms with Gasteiger partial charge in [0.1, 0.15) is 23.2 Å². The number of aromatic nitrogens is 3. The van der Waals surface area contributed by atoms with Gasteiger partial charge in [-0.2, -0.15) is 10.3 Å². The summed E-state index contributed by atoms with van der Waals surface area (Å²) >= 11 is 0. The summed E-state index contributed by atoms with van der Waals surface area (Å²) in [4.78, 5) is 34.9. The number of nitriles is 1. The Labute approximate surface area is 182 Å². The van der Waals surface area contributed by atoms with Gasteiger partial charge >= 0.3 is 0 Å². The van der Waals surface area contributed by atoms with Gasteiger partial charge in [0.2, 0.25) is 0 Å². The van der Waals surface area contributed by atoms with Crippen molar-refractivity contribution in [1.29, 1.82) is 5.26 Å². The molecule has 0 fully saturated rings. The molecule has 0 saturated heterocycles. The first-order valence-corrected chi connectivity index (χ1v) is 10.1. The van der Waals surface area contributed by atoms with Crippen molar-refractivity contribution in [3.63, 3.8) is 0 Å². The zero-order chi connectivity index (χ0) is 23.0. The number of hydrogen-bond donors (Lipinski definition) is 0. The van der Waals surface area contributed by atoms with E-state index in [0.717, 1.165) is 11.6 Å². The van der Waals surface area contributed by atoms with Crippen LogP contribution < -0.4 is 11.0 Å². The highest BCUT2D eigenvalue weighted by Crippen LogP contribution is 2.14. The predicted molar refractivity (Wildman–Crippen MR) is 118 cm³/mol. The second kappa shape index (κ2) is 8.19. The topological polar surface area (TPSA) is 92.5 Å². The van der Waals surface area contributed by atoms with Gasteiger partial charge in [-0.25, -0.2) is 9.37 Å². The lowest BCUT2D eigenvalue weighted by Crippen LogP contribution is -2.31. The first-order chi connectivity index (χ1) is 15.3. The molecular formula is C24H20FN5O2. The summed E-state index contributed by atoms with van der Waals surface area (Å²) in [6, 6.07) is 12.3. The number of rotatable bonds is 3. The van der Waals surface area contributed by atoms with Crippen LogP contribution in [0.1, 0.15) is 35.3 Å². The minimum atomic E-state index is -0.688. The minimum absolute atomic E-state index is 0.0625. The molecule has 3 heterocycles. The second-order valence-corrected chi connectivity index (χ2v) is 7.96. The van der Waals surface area contributed by atoms with Gasteiger partial charge < -0.3 is 4.57 Å². The Morgan fingerprint density at radius 1 is 1.22 bits per heavy atom. The number of carbonyl (C=O) groups excluding carboxylic acids is 1. The maximum Gasteiger partial charge on any atom is 0.279 e. The van der Waals surface area contributed by atoms with Crippen molar-refractivity contribution in [2.45, 2.75) is 27.3 Å². The van der Waals surface area contributed by atoms with Crippen molar-refractivity contribution < 1.29 is 9.18 Å². The fourth-order valence-electron chi connectivity index (χ4n) is 3.61. The molecule has 0 saturated carbocycles. The van der Waals surface area contributed by atoms with Gasteiger partial charge in [0.15, 0.2) is 5.49 Å². The Bertz CT molecular complexity index is 1560. The number of hydrogen-bond acceptors (Lipinski definition) is 4. The van der Waals surface area contributed by atoms with Crippen LogP contribution in [0.25, 0.3) is 16.7 Å². The van der Waals surface area contributed by atoms with Crippen LogP contribution >= 0.6 is 0 Å². The Kier molecular flexibility index (Phi) is 5.41. The Hall–Kier alpha value is -4.12. The SMILES string of the molecule is Cc1cccn2c(=O)c3cc(C#N)c(=NC(=O)c4cccc(F)c4)n(CC(C)C)c3nc12. The number of amides is 1.